The van der Waals surface area contributed by atoms with Crippen LogP contribution in [0.5, 0.6) is 0 Å². The molecule has 1 saturated carbocycles. The molecule has 1 aliphatic carbocycles. The van der Waals surface area contributed by atoms with Gasteiger partial charge in [-0.25, -0.2) is 9.80 Å². The predicted molar refractivity (Wildman–Crippen MR) is 91.1 cm³/mol. The molecule has 0 aromatic rings. The summed E-state index contributed by atoms with van der Waals surface area (Å²) in [5.41, 5.74) is 2.73. The van der Waals surface area contributed by atoms with E-state index in [-0.39, 0.29) is 23.5 Å². The fourth-order valence-electron chi connectivity index (χ4n) is 4.02. The number of piperidine rings is 2. The summed E-state index contributed by atoms with van der Waals surface area (Å²) >= 11 is 0. The van der Waals surface area contributed by atoms with E-state index in [0.717, 1.165) is 32.4 Å². The maximum atomic E-state index is 12.8. The number of carbonyl (C=O) groups excluding carboxylic acids is 2. The van der Waals surface area contributed by atoms with Gasteiger partial charge in [0.25, 0.3) is 5.91 Å². The number of nitrogens with zero attached hydrogens (tertiary/aromatic N) is 2. The zero-order valence-electron chi connectivity index (χ0n) is 15.6. The fourth-order valence-corrected chi connectivity index (χ4v) is 4.02. The Morgan fingerprint density at radius 1 is 1.21 bits per heavy atom. The van der Waals surface area contributed by atoms with Gasteiger partial charge < -0.3 is 4.74 Å². The minimum atomic E-state index is -0.540. The highest BCUT2D eigenvalue weighted by atomic mass is 16.6. The van der Waals surface area contributed by atoms with Crippen LogP contribution in [0.25, 0.3) is 0 Å². The second-order valence-electron chi connectivity index (χ2n) is 9.37. The minimum absolute atomic E-state index is 0.0641. The topological polar surface area (TPSA) is 61.9 Å². The number of fused-ring (bicyclic) bond motifs is 1. The average Bonchev–Trinajstić information content (AvgIpc) is 3.05. The van der Waals surface area contributed by atoms with Gasteiger partial charge in [0.2, 0.25) is 0 Å². The van der Waals surface area contributed by atoms with Crippen LogP contribution < -0.4 is 5.43 Å². The SMILES string of the molecule is CC1(C)CCCN(NC(=O)[C@@H]2C[C@H]3C[C@H]3N2C(=O)OC(C)(C)C)C1. The Morgan fingerprint density at radius 3 is 2.54 bits per heavy atom. The van der Waals surface area contributed by atoms with E-state index in [1.165, 1.54) is 6.42 Å². The molecule has 2 aliphatic heterocycles. The second-order valence-corrected chi connectivity index (χ2v) is 9.37. The van der Waals surface area contributed by atoms with E-state index >= 15 is 0 Å². The molecular weight excluding hydrogens is 306 g/mol. The van der Waals surface area contributed by atoms with Crippen molar-refractivity contribution in [3.05, 3.63) is 0 Å². The molecule has 3 fully saturated rings. The first-order valence-electron chi connectivity index (χ1n) is 9.12. The molecule has 6 heteroatoms. The first kappa shape index (κ1) is 17.5. The normalized spacial score (nSPS) is 32.2. The van der Waals surface area contributed by atoms with Crippen LogP contribution in [0, 0.1) is 11.3 Å². The van der Waals surface area contributed by atoms with E-state index in [1.807, 2.05) is 25.8 Å². The van der Waals surface area contributed by atoms with Gasteiger partial charge in [-0.2, -0.15) is 0 Å². The summed E-state index contributed by atoms with van der Waals surface area (Å²) in [6.45, 7) is 11.8. The second kappa shape index (κ2) is 5.90. The van der Waals surface area contributed by atoms with Crippen molar-refractivity contribution in [1.82, 2.24) is 15.3 Å². The molecule has 2 saturated heterocycles. The van der Waals surface area contributed by atoms with Gasteiger partial charge in [-0.1, -0.05) is 13.8 Å². The molecule has 0 unspecified atom stereocenters. The van der Waals surface area contributed by atoms with Gasteiger partial charge in [0, 0.05) is 19.1 Å². The monoisotopic (exact) mass is 337 g/mol. The van der Waals surface area contributed by atoms with Crippen LogP contribution in [0.15, 0.2) is 0 Å². The minimum Gasteiger partial charge on any atom is -0.444 e. The van der Waals surface area contributed by atoms with Gasteiger partial charge in [-0.3, -0.25) is 15.1 Å². The van der Waals surface area contributed by atoms with E-state index < -0.39 is 11.6 Å². The van der Waals surface area contributed by atoms with Crippen molar-refractivity contribution < 1.29 is 14.3 Å². The third-order valence-electron chi connectivity index (χ3n) is 5.18. The number of ether oxygens (including phenoxy) is 1. The molecule has 3 aliphatic rings. The van der Waals surface area contributed by atoms with Crippen molar-refractivity contribution in [3.8, 4) is 0 Å². The van der Waals surface area contributed by atoms with Crippen LogP contribution in [0.4, 0.5) is 4.79 Å². The van der Waals surface area contributed by atoms with Crippen LogP contribution in [-0.2, 0) is 9.53 Å². The number of hydrogen-bond acceptors (Lipinski definition) is 4. The molecule has 6 nitrogen and oxygen atoms in total. The Hall–Kier alpha value is -1.30. The first-order chi connectivity index (χ1) is 11.1. The molecule has 0 bridgehead atoms. The Morgan fingerprint density at radius 2 is 1.92 bits per heavy atom. The molecule has 3 atom stereocenters. The van der Waals surface area contributed by atoms with Crippen molar-refractivity contribution >= 4 is 12.0 Å². The van der Waals surface area contributed by atoms with Crippen LogP contribution >= 0.6 is 0 Å². The number of amides is 2. The Balaban J connectivity index is 1.62. The Kier molecular flexibility index (Phi) is 4.31. The summed E-state index contributed by atoms with van der Waals surface area (Å²) < 4.78 is 5.52. The molecule has 0 spiro atoms. The van der Waals surface area contributed by atoms with Crippen LogP contribution in [0.1, 0.15) is 60.3 Å². The van der Waals surface area contributed by atoms with E-state index in [1.54, 1.807) is 4.90 Å². The van der Waals surface area contributed by atoms with Crippen LogP contribution in [0.3, 0.4) is 0 Å². The lowest BCUT2D eigenvalue weighted by Crippen LogP contribution is -2.56. The largest absolute Gasteiger partial charge is 0.444 e. The van der Waals surface area contributed by atoms with Gasteiger partial charge >= 0.3 is 6.09 Å². The van der Waals surface area contributed by atoms with E-state index in [9.17, 15) is 9.59 Å². The summed E-state index contributed by atoms with van der Waals surface area (Å²) in [6, 6.07) is -0.206. The number of rotatable bonds is 2. The van der Waals surface area contributed by atoms with Gasteiger partial charge in [-0.15, -0.1) is 0 Å². The molecule has 2 amide bonds. The van der Waals surface area contributed by atoms with E-state index in [0.29, 0.717) is 5.92 Å². The number of hydrogen-bond donors (Lipinski definition) is 1. The molecule has 24 heavy (non-hydrogen) atoms. The average molecular weight is 337 g/mol. The maximum absolute atomic E-state index is 12.8. The molecule has 0 aromatic carbocycles. The molecule has 0 radical (unpaired) electrons. The molecule has 0 aromatic heterocycles. The first-order valence-corrected chi connectivity index (χ1v) is 9.12. The zero-order chi connectivity index (χ0) is 17.7. The molecule has 2 heterocycles. The lowest BCUT2D eigenvalue weighted by Gasteiger charge is -2.39. The predicted octanol–water partition coefficient (Wildman–Crippen LogP) is 2.54. The number of likely N-dealkylation sites (tertiary alicyclic amines) is 1. The molecule has 136 valence electrons. The summed E-state index contributed by atoms with van der Waals surface area (Å²) in [7, 11) is 0. The summed E-state index contributed by atoms with van der Waals surface area (Å²) in [5, 5.41) is 2.02. The van der Waals surface area contributed by atoms with E-state index in [2.05, 4.69) is 19.3 Å². The quantitative estimate of drug-likeness (QED) is 0.841. The molecule has 3 rings (SSSR count). The smallest absolute Gasteiger partial charge is 0.411 e. The van der Waals surface area contributed by atoms with Crippen LogP contribution in [0.2, 0.25) is 0 Å². The number of hydrazine groups is 1. The Labute approximate surface area is 144 Å². The number of nitrogens with one attached hydrogen (secondary N) is 1. The molecular formula is C18H31N3O3. The van der Waals surface area contributed by atoms with Crippen molar-refractivity contribution in [1.29, 1.82) is 0 Å². The Bertz CT molecular complexity index is 526. The maximum Gasteiger partial charge on any atom is 0.411 e. The summed E-state index contributed by atoms with van der Waals surface area (Å²) in [5.74, 6) is 0.400. The van der Waals surface area contributed by atoms with Gasteiger partial charge in [0.05, 0.1) is 0 Å². The molecule has 1 N–H and O–H groups in total. The highest BCUT2D eigenvalue weighted by molar-refractivity contribution is 5.86. The van der Waals surface area contributed by atoms with Crippen molar-refractivity contribution in [2.45, 2.75) is 78.0 Å². The standard InChI is InChI=1S/C18H31N3O3/c1-17(2,3)24-16(23)21-13-9-12(13)10-14(21)15(22)19-20-8-6-7-18(4,5)11-20/h12-14H,6-11H2,1-5H3,(H,19,22)/t12-,13-,14+/m1/s1. The third-order valence-corrected chi connectivity index (χ3v) is 5.18. The van der Waals surface area contributed by atoms with Crippen LogP contribution in [-0.4, -0.2) is 52.7 Å². The van der Waals surface area contributed by atoms with Crippen molar-refractivity contribution in [2.24, 2.45) is 11.3 Å². The third kappa shape index (κ3) is 3.85. The lowest BCUT2D eigenvalue weighted by atomic mass is 9.85. The summed E-state index contributed by atoms with van der Waals surface area (Å²) in [6.07, 6.45) is 3.66. The van der Waals surface area contributed by atoms with E-state index in [4.69, 9.17) is 4.74 Å². The lowest BCUT2D eigenvalue weighted by molar-refractivity contribution is -0.132. The van der Waals surface area contributed by atoms with Crippen molar-refractivity contribution in [3.63, 3.8) is 0 Å². The number of carbonyl (C=O) groups is 2. The van der Waals surface area contributed by atoms with Gasteiger partial charge in [-0.05, 0) is 57.8 Å². The van der Waals surface area contributed by atoms with Gasteiger partial charge in [0.15, 0.2) is 0 Å². The highest BCUT2D eigenvalue weighted by Gasteiger charge is 2.57. The summed E-state index contributed by atoms with van der Waals surface area (Å²) in [4.78, 5) is 27.0. The van der Waals surface area contributed by atoms with Gasteiger partial charge in [0.1, 0.15) is 11.6 Å². The fraction of sp³-hybridized carbons (Fsp3) is 0.889. The zero-order valence-corrected chi connectivity index (χ0v) is 15.6. The van der Waals surface area contributed by atoms with Crippen molar-refractivity contribution in [2.75, 3.05) is 13.1 Å². The highest BCUT2D eigenvalue weighted by Crippen LogP contribution is 2.48.